The normalized spacial score (nSPS) is 20.7. The van der Waals surface area contributed by atoms with E-state index in [2.05, 4.69) is 6.58 Å². The third-order valence-corrected chi connectivity index (χ3v) is 2.98. The van der Waals surface area contributed by atoms with Gasteiger partial charge in [-0.2, -0.15) is 0 Å². The number of ketones is 1. The average molecular weight is 254 g/mol. The van der Waals surface area contributed by atoms with Crippen LogP contribution in [0.4, 0.5) is 0 Å². The van der Waals surface area contributed by atoms with Gasteiger partial charge in [-0.3, -0.25) is 4.79 Å². The highest BCUT2D eigenvalue weighted by atomic mass is 16.5. The summed E-state index contributed by atoms with van der Waals surface area (Å²) in [6.45, 7) is 4.40. The maximum atomic E-state index is 11.8. The first-order valence-electron chi connectivity index (χ1n) is 6.47. The fourth-order valence-corrected chi connectivity index (χ4v) is 1.87. The van der Waals surface area contributed by atoms with Gasteiger partial charge in [-0.15, -0.1) is 0 Å². The van der Waals surface area contributed by atoms with Crippen LogP contribution in [0.1, 0.15) is 24.8 Å². The number of hydrogen-bond acceptors (Lipinski definition) is 2. The van der Waals surface area contributed by atoms with Gasteiger partial charge in [-0.05, 0) is 18.1 Å². The van der Waals surface area contributed by atoms with E-state index in [-0.39, 0.29) is 5.78 Å². The van der Waals surface area contributed by atoms with Crippen LogP contribution in [-0.4, -0.2) is 5.78 Å². The second-order valence-corrected chi connectivity index (χ2v) is 4.64. The highest BCUT2D eigenvalue weighted by molar-refractivity contribution is 5.80. The number of hydrogen-bond donors (Lipinski definition) is 0. The molecular formula is C17H18O2. The van der Waals surface area contributed by atoms with Crippen LogP contribution in [0.25, 0.3) is 0 Å². The SMILES string of the molecule is C=C1/C=C\C=C(\OCc2ccccc2)CC(=O)CC1. The van der Waals surface area contributed by atoms with Gasteiger partial charge in [0.15, 0.2) is 0 Å². The summed E-state index contributed by atoms with van der Waals surface area (Å²) in [5.74, 6) is 0.920. The molecule has 0 atom stereocenters. The standard InChI is InChI=1S/C17H18O2/c1-14-6-5-9-17(12-16(18)11-10-14)19-13-15-7-3-2-4-8-15/h2-9H,1,10-13H2/b6-5-,17-9+. The predicted molar refractivity (Wildman–Crippen MR) is 76.5 cm³/mol. The largest absolute Gasteiger partial charge is 0.493 e. The van der Waals surface area contributed by atoms with Crippen LogP contribution in [0.5, 0.6) is 0 Å². The molecule has 0 aromatic heterocycles. The summed E-state index contributed by atoms with van der Waals surface area (Å²) in [6, 6.07) is 9.95. The van der Waals surface area contributed by atoms with Crippen molar-refractivity contribution in [1.82, 2.24) is 0 Å². The summed E-state index contributed by atoms with van der Waals surface area (Å²) in [7, 11) is 0. The van der Waals surface area contributed by atoms with E-state index in [9.17, 15) is 4.79 Å². The summed E-state index contributed by atoms with van der Waals surface area (Å²) >= 11 is 0. The lowest BCUT2D eigenvalue weighted by Crippen LogP contribution is -2.02. The lowest BCUT2D eigenvalue weighted by Gasteiger charge is -2.09. The Hall–Kier alpha value is -2.09. The van der Waals surface area contributed by atoms with Crippen molar-refractivity contribution in [3.63, 3.8) is 0 Å². The van der Waals surface area contributed by atoms with E-state index in [0.29, 0.717) is 19.4 Å². The summed E-state index contributed by atoms with van der Waals surface area (Å²) in [5, 5.41) is 0. The van der Waals surface area contributed by atoms with Crippen molar-refractivity contribution in [3.8, 4) is 0 Å². The zero-order valence-corrected chi connectivity index (χ0v) is 11.0. The van der Waals surface area contributed by atoms with Gasteiger partial charge in [0.05, 0.1) is 6.42 Å². The summed E-state index contributed by atoms with van der Waals surface area (Å²) < 4.78 is 5.73. The molecule has 2 heteroatoms. The van der Waals surface area contributed by atoms with Gasteiger partial charge in [-0.25, -0.2) is 0 Å². The van der Waals surface area contributed by atoms with Gasteiger partial charge >= 0.3 is 0 Å². The molecule has 0 amide bonds. The summed E-state index contributed by atoms with van der Waals surface area (Å²) in [6.07, 6.45) is 7.33. The quantitative estimate of drug-likeness (QED) is 0.816. The van der Waals surface area contributed by atoms with Crippen molar-refractivity contribution >= 4 is 5.78 Å². The Labute approximate surface area is 114 Å². The maximum absolute atomic E-state index is 11.8. The van der Waals surface area contributed by atoms with Crippen molar-refractivity contribution < 1.29 is 9.53 Å². The van der Waals surface area contributed by atoms with Crippen molar-refractivity contribution in [3.05, 3.63) is 72.0 Å². The molecule has 0 aliphatic heterocycles. The van der Waals surface area contributed by atoms with Gasteiger partial charge in [-0.1, -0.05) is 54.6 Å². The van der Waals surface area contributed by atoms with Gasteiger partial charge < -0.3 is 4.74 Å². The maximum Gasteiger partial charge on any atom is 0.140 e. The lowest BCUT2D eigenvalue weighted by molar-refractivity contribution is -0.119. The lowest BCUT2D eigenvalue weighted by atomic mass is 10.1. The van der Waals surface area contributed by atoms with Gasteiger partial charge in [0, 0.05) is 6.42 Å². The molecule has 0 saturated heterocycles. The second kappa shape index (κ2) is 6.74. The van der Waals surface area contributed by atoms with Crippen molar-refractivity contribution in [1.29, 1.82) is 0 Å². The Morgan fingerprint density at radius 1 is 1.16 bits per heavy atom. The fraction of sp³-hybridized carbons (Fsp3) is 0.235. The van der Waals surface area contributed by atoms with Crippen LogP contribution in [0, 0.1) is 0 Å². The van der Waals surface area contributed by atoms with Gasteiger partial charge in [0.2, 0.25) is 0 Å². The topological polar surface area (TPSA) is 26.3 Å². The number of Topliss-reactive ketones (excluding diaryl/α,β-unsaturated/α-hetero) is 1. The molecule has 0 spiro atoms. The Bertz CT molecular complexity index is 509. The minimum Gasteiger partial charge on any atom is -0.493 e. The zero-order chi connectivity index (χ0) is 13.5. The van der Waals surface area contributed by atoms with E-state index in [1.54, 1.807) is 0 Å². The van der Waals surface area contributed by atoms with E-state index in [0.717, 1.165) is 23.3 Å². The molecule has 1 aromatic rings. The van der Waals surface area contributed by atoms with Crippen molar-refractivity contribution in [2.75, 3.05) is 0 Å². The first-order chi connectivity index (χ1) is 9.24. The first-order valence-corrected chi connectivity index (χ1v) is 6.47. The Morgan fingerprint density at radius 3 is 2.74 bits per heavy atom. The molecule has 0 bridgehead atoms. The molecule has 0 N–H and O–H groups in total. The molecule has 1 aromatic carbocycles. The van der Waals surface area contributed by atoms with E-state index in [4.69, 9.17) is 4.74 Å². The fourth-order valence-electron chi connectivity index (χ4n) is 1.87. The van der Waals surface area contributed by atoms with Gasteiger partial charge in [0.25, 0.3) is 0 Å². The monoisotopic (exact) mass is 254 g/mol. The van der Waals surface area contributed by atoms with Crippen LogP contribution in [0.3, 0.4) is 0 Å². The molecule has 1 aliphatic carbocycles. The van der Waals surface area contributed by atoms with E-state index in [1.807, 2.05) is 48.6 Å². The molecule has 0 unspecified atom stereocenters. The molecule has 2 rings (SSSR count). The van der Waals surface area contributed by atoms with Crippen LogP contribution < -0.4 is 0 Å². The minimum atomic E-state index is 0.198. The smallest absolute Gasteiger partial charge is 0.140 e. The number of allylic oxidation sites excluding steroid dienone is 5. The molecule has 0 fully saturated rings. The first kappa shape index (κ1) is 13.3. The summed E-state index contributed by atoms with van der Waals surface area (Å²) in [4.78, 5) is 11.8. The molecule has 19 heavy (non-hydrogen) atoms. The molecule has 98 valence electrons. The molecule has 0 radical (unpaired) electrons. The van der Waals surface area contributed by atoms with Crippen LogP contribution >= 0.6 is 0 Å². The van der Waals surface area contributed by atoms with Crippen molar-refractivity contribution in [2.24, 2.45) is 0 Å². The van der Waals surface area contributed by atoms with E-state index < -0.39 is 0 Å². The third-order valence-electron chi connectivity index (χ3n) is 2.98. The Kier molecular flexibility index (Phi) is 4.73. The highest BCUT2D eigenvalue weighted by Crippen LogP contribution is 2.16. The molecule has 2 nitrogen and oxygen atoms in total. The Morgan fingerprint density at radius 2 is 1.95 bits per heavy atom. The molecule has 0 saturated carbocycles. The predicted octanol–water partition coefficient (Wildman–Crippen LogP) is 3.95. The highest BCUT2D eigenvalue weighted by Gasteiger charge is 2.09. The van der Waals surface area contributed by atoms with Gasteiger partial charge in [0.1, 0.15) is 18.1 Å². The van der Waals surface area contributed by atoms with Crippen molar-refractivity contribution in [2.45, 2.75) is 25.9 Å². The van der Waals surface area contributed by atoms with E-state index >= 15 is 0 Å². The molecule has 0 heterocycles. The number of carbonyl (C=O) groups is 1. The second-order valence-electron chi connectivity index (χ2n) is 4.64. The Balaban J connectivity index is 2.00. The number of ether oxygens (including phenoxy) is 1. The number of carbonyl (C=O) groups excluding carboxylic acids is 1. The number of benzene rings is 1. The molecule has 1 aliphatic rings. The summed E-state index contributed by atoms with van der Waals surface area (Å²) in [5.41, 5.74) is 2.08. The molecular weight excluding hydrogens is 236 g/mol. The average Bonchev–Trinajstić information content (AvgIpc) is 2.50. The van der Waals surface area contributed by atoms with Crippen LogP contribution in [-0.2, 0) is 16.1 Å². The third kappa shape index (κ3) is 4.59. The minimum absolute atomic E-state index is 0.198. The van der Waals surface area contributed by atoms with E-state index in [1.165, 1.54) is 0 Å². The van der Waals surface area contributed by atoms with Crippen LogP contribution in [0.2, 0.25) is 0 Å². The van der Waals surface area contributed by atoms with Crippen LogP contribution in [0.15, 0.2) is 66.5 Å². The zero-order valence-electron chi connectivity index (χ0n) is 11.0. The number of rotatable bonds is 3.